The van der Waals surface area contributed by atoms with E-state index in [0.29, 0.717) is 30.2 Å². The highest BCUT2D eigenvalue weighted by Gasteiger charge is 2.24. The Morgan fingerprint density at radius 2 is 1.65 bits per heavy atom. The average molecular weight is 354 g/mol. The van der Waals surface area contributed by atoms with E-state index in [-0.39, 0.29) is 5.91 Å². The van der Waals surface area contributed by atoms with E-state index in [4.69, 9.17) is 9.47 Å². The van der Waals surface area contributed by atoms with Crippen LogP contribution in [0.1, 0.15) is 22.8 Å². The van der Waals surface area contributed by atoms with Crippen molar-refractivity contribution in [3.8, 4) is 11.5 Å². The van der Waals surface area contributed by atoms with Gasteiger partial charge in [0.05, 0.1) is 14.2 Å². The summed E-state index contributed by atoms with van der Waals surface area (Å²) in [5, 5.41) is 0. The minimum absolute atomic E-state index is 0.0365. The molecule has 2 aromatic rings. The predicted molar refractivity (Wildman–Crippen MR) is 103 cm³/mol. The number of methoxy groups -OCH3 is 2. The number of carbonyl (C=O) groups is 1. The molecule has 26 heavy (non-hydrogen) atoms. The lowest BCUT2D eigenvalue weighted by Gasteiger charge is -2.37. The molecule has 1 heterocycles. The van der Waals surface area contributed by atoms with Crippen molar-refractivity contribution in [3.05, 3.63) is 53.6 Å². The van der Waals surface area contributed by atoms with Gasteiger partial charge in [0.25, 0.3) is 5.91 Å². The third-order valence-corrected chi connectivity index (χ3v) is 4.91. The first-order valence-electron chi connectivity index (χ1n) is 9.02. The summed E-state index contributed by atoms with van der Waals surface area (Å²) in [5.74, 6) is 1.24. The fourth-order valence-electron chi connectivity index (χ4n) is 3.42. The first-order chi connectivity index (χ1) is 12.7. The van der Waals surface area contributed by atoms with Crippen LogP contribution in [0.5, 0.6) is 11.5 Å². The van der Waals surface area contributed by atoms with E-state index < -0.39 is 0 Å². The maximum Gasteiger partial charge on any atom is 0.254 e. The van der Waals surface area contributed by atoms with E-state index in [2.05, 4.69) is 36.1 Å². The first kappa shape index (κ1) is 18.1. The van der Waals surface area contributed by atoms with Crippen molar-refractivity contribution in [3.63, 3.8) is 0 Å². The zero-order chi connectivity index (χ0) is 18.5. The fourth-order valence-corrected chi connectivity index (χ4v) is 3.42. The molecule has 0 aliphatic carbocycles. The number of amides is 1. The Hall–Kier alpha value is -2.69. The molecular formula is C21H26N2O3. The molecule has 0 aromatic heterocycles. The molecule has 0 radical (unpaired) electrons. The second kappa shape index (κ2) is 8.13. The minimum Gasteiger partial charge on any atom is -0.493 e. The highest BCUT2D eigenvalue weighted by atomic mass is 16.5. The van der Waals surface area contributed by atoms with Crippen LogP contribution in [0, 0.1) is 0 Å². The number of ether oxygens (including phenoxy) is 2. The number of aryl methyl sites for hydroxylation is 1. The number of hydrogen-bond acceptors (Lipinski definition) is 4. The van der Waals surface area contributed by atoms with Crippen molar-refractivity contribution in [1.82, 2.24) is 4.90 Å². The Labute approximate surface area is 155 Å². The first-order valence-corrected chi connectivity index (χ1v) is 9.02. The Bertz CT molecular complexity index is 768. The van der Waals surface area contributed by atoms with Gasteiger partial charge in [0, 0.05) is 37.4 Å². The summed E-state index contributed by atoms with van der Waals surface area (Å²) >= 11 is 0. The van der Waals surface area contributed by atoms with Gasteiger partial charge in [0.1, 0.15) is 0 Å². The summed E-state index contributed by atoms with van der Waals surface area (Å²) < 4.78 is 10.6. The molecule has 0 spiro atoms. The molecule has 2 aromatic carbocycles. The molecule has 1 amide bonds. The van der Waals surface area contributed by atoms with Gasteiger partial charge in [-0.05, 0) is 36.2 Å². The summed E-state index contributed by atoms with van der Waals surface area (Å²) in [7, 11) is 3.17. The van der Waals surface area contributed by atoms with E-state index in [1.807, 2.05) is 4.90 Å². The van der Waals surface area contributed by atoms with Gasteiger partial charge in [-0.25, -0.2) is 0 Å². The van der Waals surface area contributed by atoms with Crippen molar-refractivity contribution in [1.29, 1.82) is 0 Å². The van der Waals surface area contributed by atoms with Gasteiger partial charge < -0.3 is 19.3 Å². The summed E-state index contributed by atoms with van der Waals surface area (Å²) in [6.45, 7) is 5.29. The predicted octanol–water partition coefficient (Wildman–Crippen LogP) is 3.23. The molecule has 0 unspecified atom stereocenters. The number of carbonyl (C=O) groups excluding carboxylic acids is 1. The Morgan fingerprint density at radius 3 is 2.31 bits per heavy atom. The molecule has 5 nitrogen and oxygen atoms in total. The number of nitrogens with zero attached hydrogens (tertiary/aromatic N) is 2. The number of hydrogen-bond donors (Lipinski definition) is 0. The monoisotopic (exact) mass is 354 g/mol. The quantitative estimate of drug-likeness (QED) is 0.827. The average Bonchev–Trinajstić information content (AvgIpc) is 2.72. The van der Waals surface area contributed by atoms with Crippen LogP contribution in [0.15, 0.2) is 42.5 Å². The van der Waals surface area contributed by atoms with Crippen molar-refractivity contribution in [2.45, 2.75) is 13.3 Å². The lowest BCUT2D eigenvalue weighted by Crippen LogP contribution is -2.49. The van der Waals surface area contributed by atoms with E-state index in [0.717, 1.165) is 19.5 Å². The van der Waals surface area contributed by atoms with Gasteiger partial charge in [0.15, 0.2) is 11.5 Å². The summed E-state index contributed by atoms with van der Waals surface area (Å²) in [5.41, 5.74) is 3.27. The van der Waals surface area contributed by atoms with E-state index in [1.54, 1.807) is 32.4 Å². The van der Waals surface area contributed by atoms with Gasteiger partial charge in [-0.2, -0.15) is 0 Å². The molecule has 0 atom stereocenters. The fraction of sp³-hybridized carbons (Fsp3) is 0.381. The van der Waals surface area contributed by atoms with Crippen LogP contribution in [-0.4, -0.2) is 51.2 Å². The topological polar surface area (TPSA) is 42.0 Å². The molecular weight excluding hydrogens is 328 g/mol. The normalized spacial score (nSPS) is 14.3. The zero-order valence-electron chi connectivity index (χ0n) is 15.7. The maximum absolute atomic E-state index is 12.8. The van der Waals surface area contributed by atoms with Crippen LogP contribution < -0.4 is 14.4 Å². The van der Waals surface area contributed by atoms with Crippen LogP contribution in [0.2, 0.25) is 0 Å². The number of benzene rings is 2. The lowest BCUT2D eigenvalue weighted by atomic mass is 10.1. The van der Waals surface area contributed by atoms with Crippen LogP contribution in [0.4, 0.5) is 5.69 Å². The summed E-state index contributed by atoms with van der Waals surface area (Å²) in [4.78, 5) is 17.1. The molecule has 3 rings (SSSR count). The molecule has 0 saturated carbocycles. The number of anilines is 1. The molecule has 138 valence electrons. The molecule has 1 aliphatic heterocycles. The Morgan fingerprint density at radius 1 is 0.962 bits per heavy atom. The smallest absolute Gasteiger partial charge is 0.254 e. The second-order valence-corrected chi connectivity index (χ2v) is 6.33. The Balaban J connectivity index is 1.69. The molecule has 0 bridgehead atoms. The third kappa shape index (κ3) is 3.62. The van der Waals surface area contributed by atoms with Crippen LogP contribution in [0.3, 0.4) is 0 Å². The zero-order valence-corrected chi connectivity index (χ0v) is 15.7. The number of para-hydroxylation sites is 1. The molecule has 1 fully saturated rings. The number of rotatable bonds is 5. The van der Waals surface area contributed by atoms with Gasteiger partial charge in [-0.15, -0.1) is 0 Å². The van der Waals surface area contributed by atoms with Crippen molar-refractivity contribution < 1.29 is 14.3 Å². The highest BCUT2D eigenvalue weighted by molar-refractivity contribution is 5.95. The van der Waals surface area contributed by atoms with Crippen LogP contribution in [0.25, 0.3) is 0 Å². The van der Waals surface area contributed by atoms with Gasteiger partial charge in [-0.3, -0.25) is 4.79 Å². The van der Waals surface area contributed by atoms with Gasteiger partial charge in [-0.1, -0.05) is 25.1 Å². The maximum atomic E-state index is 12.8. The van der Waals surface area contributed by atoms with Crippen molar-refractivity contribution >= 4 is 11.6 Å². The third-order valence-electron chi connectivity index (χ3n) is 4.91. The molecule has 0 N–H and O–H groups in total. The SMILES string of the molecule is CCc1ccccc1N1CCN(C(=O)c2ccc(OC)c(OC)c2)CC1. The minimum atomic E-state index is 0.0365. The summed E-state index contributed by atoms with van der Waals surface area (Å²) in [6.07, 6.45) is 1.01. The van der Waals surface area contributed by atoms with Crippen LogP contribution in [-0.2, 0) is 6.42 Å². The molecule has 1 saturated heterocycles. The summed E-state index contributed by atoms with van der Waals surface area (Å²) in [6, 6.07) is 13.8. The largest absolute Gasteiger partial charge is 0.493 e. The van der Waals surface area contributed by atoms with E-state index >= 15 is 0 Å². The van der Waals surface area contributed by atoms with Crippen LogP contribution >= 0.6 is 0 Å². The van der Waals surface area contributed by atoms with Crippen molar-refractivity contribution in [2.75, 3.05) is 45.3 Å². The highest BCUT2D eigenvalue weighted by Crippen LogP contribution is 2.28. The Kier molecular flexibility index (Phi) is 5.66. The van der Waals surface area contributed by atoms with Crippen molar-refractivity contribution in [2.24, 2.45) is 0 Å². The molecule has 1 aliphatic rings. The van der Waals surface area contributed by atoms with Gasteiger partial charge >= 0.3 is 0 Å². The van der Waals surface area contributed by atoms with E-state index in [1.165, 1.54) is 11.3 Å². The van der Waals surface area contributed by atoms with Gasteiger partial charge in [0.2, 0.25) is 0 Å². The lowest BCUT2D eigenvalue weighted by molar-refractivity contribution is 0.0746. The van der Waals surface area contributed by atoms with E-state index in [9.17, 15) is 4.79 Å². The second-order valence-electron chi connectivity index (χ2n) is 6.33. The standard InChI is InChI=1S/C21H26N2O3/c1-4-16-7-5-6-8-18(16)22-11-13-23(14-12-22)21(24)17-9-10-19(25-2)20(15-17)26-3/h5-10,15H,4,11-14H2,1-3H3. The molecule has 5 heteroatoms. The number of piperazine rings is 1.